The van der Waals surface area contributed by atoms with Gasteiger partial charge >= 0.3 is 11.9 Å². The van der Waals surface area contributed by atoms with E-state index in [1.807, 2.05) is 6.07 Å². The molecule has 9 heteroatoms. The highest BCUT2D eigenvalue weighted by atomic mass is 79.9. The molecule has 0 radical (unpaired) electrons. The number of ether oxygens (including phenoxy) is 4. The molecule has 0 aromatic heterocycles. The van der Waals surface area contributed by atoms with Crippen LogP contribution in [0.3, 0.4) is 0 Å². The molecule has 2 unspecified atom stereocenters. The molecule has 1 aliphatic rings. The Morgan fingerprint density at radius 2 is 1.68 bits per heavy atom. The van der Waals surface area contributed by atoms with Gasteiger partial charge in [0.2, 0.25) is 5.60 Å². The van der Waals surface area contributed by atoms with Crippen LogP contribution in [0.4, 0.5) is 0 Å². The molecule has 0 N–H and O–H groups in total. The fourth-order valence-electron chi connectivity index (χ4n) is 5.57. The number of halogens is 1. The molecule has 0 aliphatic carbocycles. The van der Waals surface area contributed by atoms with Crippen molar-refractivity contribution in [2.75, 3.05) is 14.2 Å². The van der Waals surface area contributed by atoms with Crippen molar-refractivity contribution >= 4 is 36.2 Å². The van der Waals surface area contributed by atoms with Crippen LogP contribution in [0.25, 0.3) is 0 Å². The lowest BCUT2D eigenvalue weighted by atomic mass is 9.89. The first kappa shape index (κ1) is 34.7. The van der Waals surface area contributed by atoms with E-state index in [0.29, 0.717) is 12.3 Å². The number of carbonyl (C=O) groups excluding carboxylic acids is 2. The molecule has 7 nitrogen and oxygen atoms in total. The van der Waals surface area contributed by atoms with Crippen molar-refractivity contribution in [2.45, 2.75) is 115 Å². The van der Waals surface area contributed by atoms with Crippen LogP contribution >= 0.6 is 15.9 Å². The summed E-state index contributed by atoms with van der Waals surface area (Å²) in [5, 5.41) is 0. The Labute approximate surface area is 250 Å². The number of allylic oxidation sites excluding steroid dienone is 2. The molecule has 1 saturated heterocycles. The number of esters is 2. The molecule has 1 aliphatic heterocycles. The quantitative estimate of drug-likeness (QED) is 0.138. The lowest BCUT2D eigenvalue weighted by Gasteiger charge is -2.35. The van der Waals surface area contributed by atoms with Gasteiger partial charge in [0.05, 0.1) is 14.2 Å². The van der Waals surface area contributed by atoms with Crippen molar-refractivity contribution in [3.63, 3.8) is 0 Å². The van der Waals surface area contributed by atoms with E-state index in [9.17, 15) is 9.59 Å². The first-order valence-corrected chi connectivity index (χ1v) is 17.8. The van der Waals surface area contributed by atoms with E-state index in [-0.39, 0.29) is 12.5 Å². The molecule has 2 rings (SSSR count). The summed E-state index contributed by atoms with van der Waals surface area (Å²) in [6.07, 6.45) is 4.19. The van der Waals surface area contributed by atoms with Gasteiger partial charge in [-0.15, -0.1) is 0 Å². The second-order valence-corrected chi connectivity index (χ2v) is 17.0. The monoisotopic (exact) mass is 640 g/mol. The van der Waals surface area contributed by atoms with Gasteiger partial charge in [0.1, 0.15) is 0 Å². The number of rotatable bonds is 16. The number of hydrogen-bond donors (Lipinski definition) is 0. The van der Waals surface area contributed by atoms with Gasteiger partial charge in [-0.05, 0) is 80.0 Å². The van der Waals surface area contributed by atoms with Crippen molar-refractivity contribution in [1.29, 1.82) is 0 Å². The van der Waals surface area contributed by atoms with Crippen molar-refractivity contribution in [3.05, 3.63) is 46.5 Å². The van der Waals surface area contributed by atoms with E-state index in [1.165, 1.54) is 19.8 Å². The Kier molecular flexibility index (Phi) is 13.6. The van der Waals surface area contributed by atoms with Crippen molar-refractivity contribution in [3.8, 4) is 0 Å². The minimum atomic E-state index is -1.96. The third-order valence-corrected chi connectivity index (χ3v) is 13.3. The van der Waals surface area contributed by atoms with Crippen LogP contribution in [-0.4, -0.2) is 58.1 Å². The normalized spacial score (nSPS) is 22.5. The van der Waals surface area contributed by atoms with E-state index in [4.69, 9.17) is 23.4 Å². The highest BCUT2D eigenvalue weighted by Crippen LogP contribution is 2.42. The largest absolute Gasteiger partial charge is 0.467 e. The van der Waals surface area contributed by atoms with Crippen molar-refractivity contribution in [1.82, 2.24) is 0 Å². The van der Waals surface area contributed by atoms with Gasteiger partial charge in [-0.3, -0.25) is 0 Å². The zero-order valence-electron chi connectivity index (χ0n) is 25.6. The highest BCUT2D eigenvalue weighted by molar-refractivity contribution is 9.11. The van der Waals surface area contributed by atoms with Gasteiger partial charge in [-0.1, -0.05) is 80.0 Å². The molecular weight excluding hydrogens is 592 g/mol. The maximum absolute atomic E-state index is 13.2. The predicted octanol–water partition coefficient (Wildman–Crippen LogP) is 7.33. The average molecular weight is 642 g/mol. The van der Waals surface area contributed by atoms with Crippen LogP contribution in [0.1, 0.15) is 72.8 Å². The summed E-state index contributed by atoms with van der Waals surface area (Å²) < 4.78 is 30.3. The Morgan fingerprint density at radius 1 is 1.05 bits per heavy atom. The molecule has 0 saturated carbocycles. The van der Waals surface area contributed by atoms with Crippen LogP contribution in [-0.2, 0) is 39.4 Å². The number of benzene rings is 1. The van der Waals surface area contributed by atoms with Crippen LogP contribution in [0, 0.1) is 5.92 Å². The third kappa shape index (κ3) is 9.24. The van der Waals surface area contributed by atoms with E-state index < -0.39 is 37.7 Å². The molecule has 1 fully saturated rings. The molecule has 0 amide bonds. The van der Waals surface area contributed by atoms with Gasteiger partial charge in [0.15, 0.2) is 20.2 Å². The van der Waals surface area contributed by atoms with Gasteiger partial charge in [-0.2, -0.15) is 0 Å². The summed E-state index contributed by atoms with van der Waals surface area (Å²) in [5.41, 5.74) is -0.300. The van der Waals surface area contributed by atoms with Crippen molar-refractivity contribution < 1.29 is 33.0 Å². The summed E-state index contributed by atoms with van der Waals surface area (Å²) in [6.45, 7) is 12.2. The maximum Gasteiger partial charge on any atom is 0.341 e. The van der Waals surface area contributed by atoms with Crippen LogP contribution < -0.4 is 0 Å². The van der Waals surface area contributed by atoms with Gasteiger partial charge in [0.25, 0.3) is 0 Å². The molecule has 226 valence electrons. The Morgan fingerprint density at radius 3 is 2.23 bits per heavy atom. The highest BCUT2D eigenvalue weighted by Gasteiger charge is 2.62. The maximum atomic E-state index is 13.2. The second kappa shape index (κ2) is 15.6. The minimum absolute atomic E-state index is 0.121. The zero-order chi connectivity index (χ0) is 30.0. The Hall–Kier alpha value is -1.52. The van der Waals surface area contributed by atoms with E-state index in [2.05, 4.69) is 74.0 Å². The number of hydrogen-bond acceptors (Lipinski definition) is 7. The summed E-state index contributed by atoms with van der Waals surface area (Å²) in [6, 6.07) is 13.5. The third-order valence-electron chi connectivity index (χ3n) is 7.96. The zero-order valence-corrected chi connectivity index (χ0v) is 28.2. The molecule has 0 spiro atoms. The van der Waals surface area contributed by atoms with E-state index in [0.717, 1.165) is 41.9 Å². The first-order valence-electron chi connectivity index (χ1n) is 14.5. The molecule has 40 heavy (non-hydrogen) atoms. The lowest BCUT2D eigenvalue weighted by Crippen LogP contribution is -2.53. The fraction of sp³-hybridized carbons (Fsp3) is 0.677. The molecule has 4 atom stereocenters. The summed E-state index contributed by atoms with van der Waals surface area (Å²) in [4.78, 5) is 25.9. The molecule has 0 bridgehead atoms. The first-order chi connectivity index (χ1) is 18.9. The minimum Gasteiger partial charge on any atom is -0.467 e. The van der Waals surface area contributed by atoms with Crippen molar-refractivity contribution in [2.24, 2.45) is 5.92 Å². The van der Waals surface area contributed by atoms with Gasteiger partial charge in [0, 0.05) is 6.10 Å². The second-order valence-electron chi connectivity index (χ2n) is 11.2. The molecular formula is C31H49BrO7Si. The number of methoxy groups -OCH3 is 2. The van der Waals surface area contributed by atoms with Gasteiger partial charge in [-0.25, -0.2) is 9.59 Å². The topological polar surface area (TPSA) is 80.3 Å². The van der Waals surface area contributed by atoms with Gasteiger partial charge < -0.3 is 23.4 Å². The van der Waals surface area contributed by atoms with Crippen LogP contribution in [0.5, 0.6) is 0 Å². The molecule has 1 heterocycles. The standard InChI is InChI=1S/C31H49BrO7Si/c1-9-40(10-2,11-3)38-26(18-17-25(32)22-23(4)21-24-15-13-12-14-16-24)19-20-31(29(34)36-8)27(28(33)35-7)37-30(5,6)39-31/h12-16,22-23,26-27H,9-11,17-21H2,1-8H3/b25-22-/t23?,26?,27-,31+/m0/s1. The summed E-state index contributed by atoms with van der Waals surface area (Å²) >= 11 is 3.80. The summed E-state index contributed by atoms with van der Waals surface area (Å²) in [7, 11) is 0.609. The van der Waals surface area contributed by atoms with E-state index >= 15 is 0 Å². The average Bonchev–Trinajstić information content (AvgIpc) is 3.23. The fourth-order valence-corrected chi connectivity index (χ4v) is 9.20. The SMILES string of the molecule is CC[Si](CC)(CC)OC(CC/C(Br)=C/C(C)Cc1ccccc1)CC[C@@]1(C(=O)OC)OC(C)(C)O[C@H]1C(=O)OC. The smallest absolute Gasteiger partial charge is 0.341 e. The Bertz CT molecular complexity index is 971. The molecule has 1 aromatic rings. The lowest BCUT2D eigenvalue weighted by molar-refractivity contribution is -0.189. The van der Waals surface area contributed by atoms with Crippen LogP contribution in [0.15, 0.2) is 40.9 Å². The Balaban J connectivity index is 2.26. The van der Waals surface area contributed by atoms with Crippen LogP contribution in [0.2, 0.25) is 18.1 Å². The molecule has 1 aromatic carbocycles. The summed E-state index contributed by atoms with van der Waals surface area (Å²) in [5.74, 6) is -2.08. The number of carbonyl (C=O) groups is 2. The van der Waals surface area contributed by atoms with E-state index in [1.54, 1.807) is 13.8 Å². The predicted molar refractivity (Wildman–Crippen MR) is 164 cm³/mol.